The standard InChI is InChI=1S/C28H29F2N7O6/c29-17-7-6-16(12-18(17)30)42-28(41)36-10-8-14(9-11-36)2-1-3-19-34-24(31)20-25(35-19)37(13-32-20)27-22(39)21(38)23(43-27)26(40)33-15-4-5-15/h6-7,12-15,21-23,27,38-39H,2,4-5,8-11H2,(H,33,40)(H2,31,34,35)/t21-,22+,23?,27?/m1/s1. The van der Waals surface area contributed by atoms with Gasteiger partial charge in [-0.05, 0) is 49.7 Å². The van der Waals surface area contributed by atoms with E-state index in [2.05, 4.69) is 32.1 Å². The fourth-order valence-electron chi connectivity index (χ4n) is 5.10. The second-order valence-electron chi connectivity index (χ2n) is 10.8. The summed E-state index contributed by atoms with van der Waals surface area (Å²) in [6, 6.07) is 2.97. The van der Waals surface area contributed by atoms with Gasteiger partial charge in [0.05, 0.1) is 6.33 Å². The Morgan fingerprint density at radius 1 is 1.12 bits per heavy atom. The minimum absolute atomic E-state index is 0.0613. The van der Waals surface area contributed by atoms with Gasteiger partial charge in [0, 0.05) is 31.6 Å². The lowest BCUT2D eigenvalue weighted by atomic mass is 9.94. The molecule has 0 bridgehead atoms. The lowest BCUT2D eigenvalue weighted by Crippen LogP contribution is -2.43. The summed E-state index contributed by atoms with van der Waals surface area (Å²) in [5.74, 6) is 3.65. The highest BCUT2D eigenvalue weighted by Crippen LogP contribution is 2.33. The summed E-state index contributed by atoms with van der Waals surface area (Å²) in [7, 11) is 0. The predicted octanol–water partition coefficient (Wildman–Crippen LogP) is 1.24. The van der Waals surface area contributed by atoms with Crippen molar-refractivity contribution < 1.29 is 38.1 Å². The molecule has 2 unspecified atom stereocenters. The molecule has 2 saturated heterocycles. The van der Waals surface area contributed by atoms with E-state index in [-0.39, 0.29) is 40.5 Å². The average molecular weight is 598 g/mol. The Morgan fingerprint density at radius 2 is 1.88 bits per heavy atom. The van der Waals surface area contributed by atoms with Gasteiger partial charge in [-0.2, -0.15) is 0 Å². The van der Waals surface area contributed by atoms with E-state index in [1.807, 2.05) is 0 Å². The van der Waals surface area contributed by atoms with E-state index in [0.717, 1.165) is 25.0 Å². The van der Waals surface area contributed by atoms with Crippen LogP contribution in [0.2, 0.25) is 0 Å². The molecule has 3 aliphatic rings. The van der Waals surface area contributed by atoms with Crippen molar-refractivity contribution in [3.8, 4) is 17.6 Å². The normalized spacial score (nSPS) is 24.0. The van der Waals surface area contributed by atoms with Gasteiger partial charge in [0.15, 0.2) is 35.4 Å². The molecule has 0 spiro atoms. The maximum Gasteiger partial charge on any atom is 0.415 e. The molecular formula is C28H29F2N7O6. The first-order valence-corrected chi connectivity index (χ1v) is 13.9. The number of benzene rings is 1. The minimum Gasteiger partial charge on any atom is -0.410 e. The number of hydrogen-bond acceptors (Lipinski definition) is 10. The Labute approximate surface area is 244 Å². The van der Waals surface area contributed by atoms with Crippen molar-refractivity contribution in [2.45, 2.75) is 62.7 Å². The molecule has 1 aliphatic carbocycles. The van der Waals surface area contributed by atoms with Crippen molar-refractivity contribution in [2.24, 2.45) is 5.92 Å². The largest absolute Gasteiger partial charge is 0.415 e. The zero-order valence-electron chi connectivity index (χ0n) is 22.8. The van der Waals surface area contributed by atoms with Gasteiger partial charge in [-0.3, -0.25) is 9.36 Å². The number of nitrogen functional groups attached to an aromatic ring is 1. The number of aliphatic hydroxyl groups excluding tert-OH is 2. The number of hydrogen-bond donors (Lipinski definition) is 4. The smallest absolute Gasteiger partial charge is 0.410 e. The Morgan fingerprint density at radius 3 is 2.60 bits per heavy atom. The van der Waals surface area contributed by atoms with Gasteiger partial charge in [-0.1, -0.05) is 5.92 Å². The number of piperidine rings is 1. The monoisotopic (exact) mass is 597 g/mol. The maximum absolute atomic E-state index is 13.4. The van der Waals surface area contributed by atoms with Crippen LogP contribution in [0, 0.1) is 29.4 Å². The van der Waals surface area contributed by atoms with Crippen LogP contribution < -0.4 is 15.8 Å². The first-order valence-electron chi connectivity index (χ1n) is 13.9. The number of aliphatic hydroxyl groups is 2. The number of nitrogens with zero attached hydrogens (tertiary/aromatic N) is 5. The average Bonchev–Trinajstić information content (AvgIpc) is 3.62. The van der Waals surface area contributed by atoms with Crippen LogP contribution in [0.15, 0.2) is 24.5 Å². The van der Waals surface area contributed by atoms with Gasteiger partial charge in [-0.15, -0.1) is 0 Å². The quantitative estimate of drug-likeness (QED) is 0.313. The highest BCUT2D eigenvalue weighted by molar-refractivity contribution is 5.83. The van der Waals surface area contributed by atoms with Gasteiger partial charge in [-0.25, -0.2) is 28.5 Å². The number of carbonyl (C=O) groups excluding carboxylic acids is 2. The summed E-state index contributed by atoms with van der Waals surface area (Å²) in [4.78, 5) is 39.3. The first kappa shape index (κ1) is 28.7. The number of likely N-dealkylation sites (tertiary alicyclic amines) is 1. The molecule has 0 radical (unpaired) electrons. The molecule has 6 rings (SSSR count). The fraction of sp³-hybridized carbons (Fsp3) is 0.464. The number of imidazole rings is 1. The SMILES string of the molecule is Nc1nc(C#CCC2CCN(C(=O)Oc3ccc(F)c(F)c3)CC2)nc2c1ncn2C1OC(C(=O)NC2CC2)[C@H](O)[C@@H]1O. The zero-order chi connectivity index (χ0) is 30.2. The molecule has 5 N–H and O–H groups in total. The van der Waals surface area contributed by atoms with E-state index in [4.69, 9.17) is 15.2 Å². The Balaban J connectivity index is 1.07. The van der Waals surface area contributed by atoms with Crippen LogP contribution in [-0.4, -0.2) is 84.1 Å². The molecule has 1 saturated carbocycles. The molecule has 4 heterocycles. The highest BCUT2D eigenvalue weighted by Gasteiger charge is 2.48. The number of fused-ring (bicyclic) bond motifs is 1. The molecule has 226 valence electrons. The predicted molar refractivity (Wildman–Crippen MR) is 145 cm³/mol. The summed E-state index contributed by atoms with van der Waals surface area (Å²) >= 11 is 0. The first-order chi connectivity index (χ1) is 20.7. The van der Waals surface area contributed by atoms with Crippen molar-refractivity contribution in [1.29, 1.82) is 0 Å². The van der Waals surface area contributed by atoms with Crippen LogP contribution in [0.25, 0.3) is 11.2 Å². The molecule has 3 fully saturated rings. The topological polar surface area (TPSA) is 178 Å². The molecule has 3 aromatic rings. The molecule has 4 atom stereocenters. The van der Waals surface area contributed by atoms with Gasteiger partial charge in [0.25, 0.3) is 5.91 Å². The summed E-state index contributed by atoms with van der Waals surface area (Å²) in [6.45, 7) is 0.831. The third-order valence-electron chi connectivity index (χ3n) is 7.70. The highest BCUT2D eigenvalue weighted by atomic mass is 19.2. The van der Waals surface area contributed by atoms with Crippen LogP contribution in [0.5, 0.6) is 5.75 Å². The molecule has 13 nitrogen and oxygen atoms in total. The van der Waals surface area contributed by atoms with E-state index in [0.29, 0.717) is 32.4 Å². The van der Waals surface area contributed by atoms with Crippen molar-refractivity contribution in [3.63, 3.8) is 0 Å². The van der Waals surface area contributed by atoms with Crippen LogP contribution in [0.3, 0.4) is 0 Å². The maximum atomic E-state index is 13.4. The number of aromatic nitrogens is 4. The summed E-state index contributed by atoms with van der Waals surface area (Å²) < 4.78 is 38.8. The van der Waals surface area contributed by atoms with Gasteiger partial charge >= 0.3 is 6.09 Å². The van der Waals surface area contributed by atoms with Gasteiger partial charge in [0.1, 0.15) is 23.5 Å². The number of nitrogens with one attached hydrogen (secondary N) is 1. The summed E-state index contributed by atoms with van der Waals surface area (Å²) in [6.07, 6.45) is -0.998. The van der Waals surface area contributed by atoms with Crippen LogP contribution in [-0.2, 0) is 9.53 Å². The van der Waals surface area contributed by atoms with E-state index in [9.17, 15) is 28.6 Å². The second-order valence-corrected chi connectivity index (χ2v) is 10.8. The molecule has 2 amide bonds. The molecule has 15 heteroatoms. The number of anilines is 1. The van der Waals surface area contributed by atoms with E-state index >= 15 is 0 Å². The second kappa shape index (κ2) is 11.7. The van der Waals surface area contributed by atoms with Crippen LogP contribution in [0.4, 0.5) is 19.4 Å². The lowest BCUT2D eigenvalue weighted by molar-refractivity contribution is -0.137. The van der Waals surface area contributed by atoms with Crippen LogP contribution in [0.1, 0.15) is 44.2 Å². The Hall–Kier alpha value is -4.39. The molecule has 2 aliphatic heterocycles. The number of nitrogens with two attached hydrogens (primary N) is 1. The molecule has 1 aromatic carbocycles. The number of rotatable bonds is 5. The van der Waals surface area contributed by atoms with Gasteiger partial charge < -0.3 is 35.6 Å². The van der Waals surface area contributed by atoms with Crippen molar-refractivity contribution >= 4 is 29.0 Å². The Kier molecular flexibility index (Phi) is 7.82. The number of amides is 2. The van der Waals surface area contributed by atoms with Gasteiger partial charge in [0.2, 0.25) is 5.82 Å². The molecular weight excluding hydrogens is 568 g/mol. The minimum atomic E-state index is -1.45. The third kappa shape index (κ3) is 6.07. The fourth-order valence-corrected chi connectivity index (χ4v) is 5.10. The van der Waals surface area contributed by atoms with E-state index in [1.165, 1.54) is 21.9 Å². The summed E-state index contributed by atoms with van der Waals surface area (Å²) in [5, 5.41) is 23.9. The molecule has 2 aromatic heterocycles. The number of carbonyl (C=O) groups is 2. The Bertz CT molecular complexity index is 1610. The summed E-state index contributed by atoms with van der Waals surface area (Å²) in [5.41, 5.74) is 6.58. The van der Waals surface area contributed by atoms with Crippen molar-refractivity contribution in [1.82, 2.24) is 29.7 Å². The lowest BCUT2D eigenvalue weighted by Gasteiger charge is -2.30. The third-order valence-corrected chi connectivity index (χ3v) is 7.70. The van der Waals surface area contributed by atoms with E-state index in [1.54, 1.807) is 0 Å². The number of halogens is 2. The molecule has 43 heavy (non-hydrogen) atoms. The van der Waals surface area contributed by atoms with Crippen LogP contribution >= 0.6 is 0 Å². The van der Waals surface area contributed by atoms with Crippen molar-refractivity contribution in [3.05, 3.63) is 42.0 Å². The zero-order valence-corrected chi connectivity index (χ0v) is 22.8. The van der Waals surface area contributed by atoms with Crippen molar-refractivity contribution in [2.75, 3.05) is 18.8 Å². The van der Waals surface area contributed by atoms with E-state index < -0.39 is 48.2 Å². The number of ether oxygens (including phenoxy) is 2.